The molecule has 1 N–H and O–H groups in total. The molecule has 32 heavy (non-hydrogen) atoms. The molecule has 0 spiro atoms. The van der Waals surface area contributed by atoms with Crippen LogP contribution in [0, 0.1) is 5.82 Å². The fraction of sp³-hybridized carbons (Fsp3) is 0.318. The van der Waals surface area contributed by atoms with Gasteiger partial charge < -0.3 is 9.67 Å². The fourth-order valence-electron chi connectivity index (χ4n) is 4.49. The first-order valence-electron chi connectivity index (χ1n) is 9.98. The minimum absolute atomic E-state index is 0.0257. The average molecular weight is 441 g/mol. The third-order valence-electron chi connectivity index (χ3n) is 5.91. The minimum atomic E-state index is -1.54. The van der Waals surface area contributed by atoms with Crippen molar-refractivity contribution in [2.75, 3.05) is 14.1 Å². The Morgan fingerprint density at radius 3 is 2.34 bits per heavy atom. The number of carboxylic acids is 1. The number of aliphatic carboxylic acids is 1. The van der Waals surface area contributed by atoms with Gasteiger partial charge in [-0.25, -0.2) is 9.18 Å². The molecule has 1 aliphatic heterocycles. The summed E-state index contributed by atoms with van der Waals surface area (Å²) in [6, 6.07) is 4.49. The highest BCUT2D eigenvalue weighted by molar-refractivity contribution is 6.21. The first-order valence-corrected chi connectivity index (χ1v) is 9.98. The fourth-order valence-corrected chi connectivity index (χ4v) is 4.49. The van der Waals surface area contributed by atoms with Crippen LogP contribution in [-0.2, 0) is 27.3 Å². The molecule has 0 radical (unpaired) electrons. The van der Waals surface area contributed by atoms with E-state index in [4.69, 9.17) is 0 Å². The Morgan fingerprint density at radius 1 is 1.09 bits per heavy atom. The Kier molecular flexibility index (Phi) is 5.15. The molecule has 0 unspecified atom stereocenters. The average Bonchev–Trinajstić information content (AvgIpc) is 3.05. The number of ketones is 1. The SMILES string of the molecule is CN1C(=O)C(c2c3c(n(CC(=O)O)c2-c2cccc(F)c2)CCCC3=O)C(=O)N(C)C1=O. The first kappa shape index (κ1) is 21.4. The number of nitrogens with zero attached hydrogens (tertiary/aromatic N) is 3. The lowest BCUT2D eigenvalue weighted by Crippen LogP contribution is -2.56. The van der Waals surface area contributed by atoms with Crippen LogP contribution in [0.4, 0.5) is 9.18 Å². The lowest BCUT2D eigenvalue weighted by atomic mass is 9.84. The molecule has 2 heterocycles. The zero-order chi connectivity index (χ0) is 23.3. The lowest BCUT2D eigenvalue weighted by Gasteiger charge is -2.33. The van der Waals surface area contributed by atoms with E-state index in [1.165, 1.54) is 36.9 Å². The maximum absolute atomic E-state index is 14.1. The van der Waals surface area contributed by atoms with E-state index < -0.39 is 42.1 Å². The van der Waals surface area contributed by atoms with Gasteiger partial charge in [0.05, 0.1) is 5.69 Å². The maximum atomic E-state index is 14.1. The topological polar surface area (TPSA) is 117 Å². The number of aromatic nitrogens is 1. The van der Waals surface area contributed by atoms with E-state index in [9.17, 15) is 33.5 Å². The van der Waals surface area contributed by atoms with E-state index in [0.29, 0.717) is 18.5 Å². The molecule has 1 aromatic heterocycles. The largest absolute Gasteiger partial charge is 0.480 e. The number of hydrogen-bond donors (Lipinski definition) is 1. The number of amides is 4. The molecular weight excluding hydrogens is 421 g/mol. The van der Waals surface area contributed by atoms with E-state index in [1.807, 2.05) is 0 Å². The second-order valence-corrected chi connectivity index (χ2v) is 7.86. The molecule has 1 aliphatic carbocycles. The number of likely N-dealkylation sites (N-methyl/N-ethyl adjacent to an activating group) is 2. The van der Waals surface area contributed by atoms with Gasteiger partial charge in [0.1, 0.15) is 18.3 Å². The third kappa shape index (κ3) is 3.19. The summed E-state index contributed by atoms with van der Waals surface area (Å²) in [5.74, 6) is -5.33. The number of carboxylic acid groups (broad SMARTS) is 1. The molecule has 2 aliphatic rings. The first-order chi connectivity index (χ1) is 15.1. The summed E-state index contributed by atoms with van der Waals surface area (Å²) < 4.78 is 15.5. The van der Waals surface area contributed by atoms with Gasteiger partial charge >= 0.3 is 12.0 Å². The Balaban J connectivity index is 2.09. The number of rotatable bonds is 4. The summed E-state index contributed by atoms with van der Waals surface area (Å²) in [6.07, 6.45) is 0.998. The van der Waals surface area contributed by atoms with E-state index >= 15 is 0 Å². The highest BCUT2D eigenvalue weighted by atomic mass is 19.1. The number of halogens is 1. The van der Waals surface area contributed by atoms with Crippen molar-refractivity contribution in [1.82, 2.24) is 14.4 Å². The molecule has 1 aromatic carbocycles. The number of carbonyl (C=O) groups excluding carboxylic acids is 4. The van der Waals surface area contributed by atoms with Crippen molar-refractivity contribution in [3.05, 3.63) is 46.9 Å². The van der Waals surface area contributed by atoms with Crippen molar-refractivity contribution in [2.24, 2.45) is 0 Å². The third-order valence-corrected chi connectivity index (χ3v) is 5.91. The molecular formula is C22H20FN3O6. The Labute approximate surface area is 182 Å². The number of barbiturate groups is 1. The van der Waals surface area contributed by atoms with Crippen LogP contribution in [0.2, 0.25) is 0 Å². The van der Waals surface area contributed by atoms with E-state index in [1.54, 1.807) is 0 Å². The highest BCUT2D eigenvalue weighted by Crippen LogP contribution is 2.42. The molecule has 10 heteroatoms. The van der Waals surface area contributed by atoms with Gasteiger partial charge in [-0.2, -0.15) is 0 Å². The van der Waals surface area contributed by atoms with Crippen LogP contribution in [0.15, 0.2) is 24.3 Å². The summed E-state index contributed by atoms with van der Waals surface area (Å²) in [5, 5.41) is 9.53. The minimum Gasteiger partial charge on any atom is -0.480 e. The Hall–Kier alpha value is -3.82. The normalized spacial score (nSPS) is 17.2. The van der Waals surface area contributed by atoms with Crippen LogP contribution in [0.1, 0.15) is 40.4 Å². The summed E-state index contributed by atoms with van der Waals surface area (Å²) >= 11 is 0. The number of hydrogen-bond acceptors (Lipinski definition) is 5. The quantitative estimate of drug-likeness (QED) is 0.726. The molecule has 1 saturated heterocycles. The highest BCUT2D eigenvalue weighted by Gasteiger charge is 2.48. The number of Topliss-reactive ketones (excluding diaryl/α,β-unsaturated/α-hetero) is 1. The molecule has 0 saturated carbocycles. The summed E-state index contributed by atoms with van der Waals surface area (Å²) in [4.78, 5) is 64.7. The number of fused-ring (bicyclic) bond motifs is 1. The van der Waals surface area contributed by atoms with Crippen LogP contribution < -0.4 is 0 Å². The summed E-state index contributed by atoms with van der Waals surface area (Å²) in [6.45, 7) is -0.541. The maximum Gasteiger partial charge on any atom is 0.332 e. The van der Waals surface area contributed by atoms with Crippen LogP contribution in [0.25, 0.3) is 11.3 Å². The predicted octanol–water partition coefficient (Wildman–Crippen LogP) is 2.03. The van der Waals surface area contributed by atoms with Gasteiger partial charge in [-0.1, -0.05) is 12.1 Å². The van der Waals surface area contributed by atoms with Gasteiger partial charge in [0, 0.05) is 42.9 Å². The number of urea groups is 1. The molecule has 0 bridgehead atoms. The van der Waals surface area contributed by atoms with Gasteiger partial charge in [-0.15, -0.1) is 0 Å². The Bertz CT molecular complexity index is 1180. The summed E-state index contributed by atoms with van der Waals surface area (Å²) in [7, 11) is 2.45. The van der Waals surface area contributed by atoms with Gasteiger partial charge in [0.25, 0.3) is 0 Å². The second-order valence-electron chi connectivity index (χ2n) is 7.86. The van der Waals surface area contributed by atoms with Crippen LogP contribution in [0.5, 0.6) is 0 Å². The zero-order valence-corrected chi connectivity index (χ0v) is 17.4. The van der Waals surface area contributed by atoms with Crippen molar-refractivity contribution < 1.29 is 33.5 Å². The molecule has 4 rings (SSSR count). The van der Waals surface area contributed by atoms with Crippen molar-refractivity contribution in [2.45, 2.75) is 31.7 Å². The van der Waals surface area contributed by atoms with Gasteiger partial charge in [0.2, 0.25) is 11.8 Å². The zero-order valence-electron chi connectivity index (χ0n) is 17.4. The monoisotopic (exact) mass is 441 g/mol. The molecule has 1 fully saturated rings. The molecule has 0 atom stereocenters. The predicted molar refractivity (Wildman–Crippen MR) is 108 cm³/mol. The van der Waals surface area contributed by atoms with Gasteiger partial charge in [0.15, 0.2) is 5.78 Å². The van der Waals surface area contributed by atoms with Crippen molar-refractivity contribution in [1.29, 1.82) is 0 Å². The Morgan fingerprint density at radius 2 is 1.75 bits per heavy atom. The molecule has 166 valence electrons. The molecule has 4 amide bonds. The van der Waals surface area contributed by atoms with Gasteiger partial charge in [-0.05, 0) is 25.0 Å². The lowest BCUT2D eigenvalue weighted by molar-refractivity contribution is -0.143. The smallest absolute Gasteiger partial charge is 0.332 e. The van der Waals surface area contributed by atoms with Crippen molar-refractivity contribution in [3.8, 4) is 11.3 Å². The summed E-state index contributed by atoms with van der Waals surface area (Å²) in [5.41, 5.74) is 0.874. The standard InChI is InChI=1S/C22H20FN3O6/c1-24-20(30)18(21(31)25(2)22(24)32)17-16-13(7-4-8-14(16)27)26(10-15(28)29)19(17)11-5-3-6-12(23)9-11/h3,5-6,9,18H,4,7-8,10H2,1-2H3,(H,28,29). The second kappa shape index (κ2) is 7.70. The van der Waals surface area contributed by atoms with E-state index in [-0.39, 0.29) is 34.6 Å². The van der Waals surface area contributed by atoms with Crippen LogP contribution in [0.3, 0.4) is 0 Å². The van der Waals surface area contributed by atoms with Crippen molar-refractivity contribution in [3.63, 3.8) is 0 Å². The molecule has 2 aromatic rings. The van der Waals surface area contributed by atoms with E-state index in [2.05, 4.69) is 0 Å². The molecule has 9 nitrogen and oxygen atoms in total. The van der Waals surface area contributed by atoms with Gasteiger partial charge in [-0.3, -0.25) is 29.0 Å². The van der Waals surface area contributed by atoms with Crippen LogP contribution >= 0.6 is 0 Å². The number of imide groups is 2. The van der Waals surface area contributed by atoms with Crippen LogP contribution in [-0.4, -0.2) is 63.2 Å². The van der Waals surface area contributed by atoms with E-state index in [0.717, 1.165) is 15.9 Å². The number of carbonyl (C=O) groups is 5. The number of benzene rings is 1. The van der Waals surface area contributed by atoms with Crippen molar-refractivity contribution >= 4 is 29.6 Å².